The summed E-state index contributed by atoms with van der Waals surface area (Å²) in [5.41, 5.74) is 5.07. The molecule has 3 nitrogen and oxygen atoms in total. The maximum absolute atomic E-state index is 13.3. The predicted octanol–water partition coefficient (Wildman–Crippen LogP) is 0.789. The van der Waals surface area contributed by atoms with Gasteiger partial charge in [0.15, 0.2) is 0 Å². The van der Waals surface area contributed by atoms with E-state index >= 15 is 0 Å². The molecule has 1 rings (SSSR count). The number of hydrogen-bond acceptors (Lipinski definition) is 2. The minimum Gasteiger partial charge on any atom is -0.351 e. The third-order valence-corrected chi connectivity index (χ3v) is 1.61. The van der Waals surface area contributed by atoms with Crippen LogP contribution in [0.4, 0.5) is 4.39 Å². The molecular weight excluding hydrogens is 183 g/mol. The summed E-state index contributed by atoms with van der Waals surface area (Å²) >= 11 is 0. The Hall–Kier alpha value is -1.42. The molecule has 1 atom stereocenters. The molecule has 0 saturated heterocycles. The van der Waals surface area contributed by atoms with Crippen molar-refractivity contribution < 1.29 is 11.9 Å². The molecule has 0 aliphatic carbocycles. The van der Waals surface area contributed by atoms with Gasteiger partial charge in [-0.05, 0) is 13.0 Å². The fourth-order valence-electron chi connectivity index (χ4n) is 0.805. The highest BCUT2D eigenvalue weighted by Gasteiger charge is 2.07. The maximum Gasteiger partial charge on any atom is 0.236 e. The van der Waals surface area contributed by atoms with Crippen molar-refractivity contribution in [1.29, 1.82) is 0 Å². The van der Waals surface area contributed by atoms with Crippen molar-refractivity contribution >= 4 is 5.91 Å². The van der Waals surface area contributed by atoms with Crippen molar-refractivity contribution in [2.24, 2.45) is 5.73 Å². The van der Waals surface area contributed by atoms with Crippen molar-refractivity contribution in [3.05, 3.63) is 35.6 Å². The fourth-order valence-corrected chi connectivity index (χ4v) is 0.805. The first-order valence-corrected chi connectivity index (χ1v) is 4.17. The van der Waals surface area contributed by atoms with Gasteiger partial charge >= 0.3 is 0 Å². The van der Waals surface area contributed by atoms with Gasteiger partial charge in [-0.1, -0.05) is 18.2 Å². The number of hydrogen-bond donors (Lipinski definition) is 2. The molecule has 1 aromatic carbocycles. The van der Waals surface area contributed by atoms with Gasteiger partial charge in [-0.25, -0.2) is 4.39 Å². The number of carbonyl (C=O) groups is 1. The molecule has 0 aliphatic rings. The zero-order valence-corrected chi connectivity index (χ0v) is 7.75. The van der Waals surface area contributed by atoms with Gasteiger partial charge in [0.25, 0.3) is 0 Å². The lowest BCUT2D eigenvalue weighted by Gasteiger charge is -2.07. The average Bonchev–Trinajstić information content (AvgIpc) is 2.17. The Morgan fingerprint density at radius 2 is 2.36 bits per heavy atom. The second-order valence-corrected chi connectivity index (χ2v) is 2.88. The van der Waals surface area contributed by atoms with Crippen molar-refractivity contribution in [1.82, 2.24) is 5.32 Å². The monoisotopic (exact) mass is 198 g/mol. The van der Waals surface area contributed by atoms with Gasteiger partial charge in [0.2, 0.25) is 5.91 Å². The Balaban J connectivity index is 2.94. The molecule has 0 aliphatic heterocycles. The van der Waals surface area contributed by atoms with Crippen LogP contribution in [-0.4, -0.2) is 11.9 Å². The van der Waals surface area contributed by atoms with Crippen LogP contribution in [0.5, 0.6) is 0 Å². The first-order chi connectivity index (χ1) is 7.34. The summed E-state index contributed by atoms with van der Waals surface area (Å²) in [5.74, 6) is -1.38. The Morgan fingerprint density at radius 1 is 1.71 bits per heavy atom. The van der Waals surface area contributed by atoms with Crippen molar-refractivity contribution in [3.63, 3.8) is 0 Å². The molecule has 0 heterocycles. The molecule has 76 valence electrons. The van der Waals surface area contributed by atoms with Crippen LogP contribution >= 0.6 is 0 Å². The van der Waals surface area contributed by atoms with E-state index in [0.717, 1.165) is 6.07 Å². The maximum atomic E-state index is 13.3. The van der Waals surface area contributed by atoms with E-state index in [9.17, 15) is 9.18 Å². The highest BCUT2D eigenvalue weighted by Crippen LogP contribution is 2.05. The number of rotatable bonds is 3. The Labute approximate surface area is 84.9 Å². The summed E-state index contributed by atoms with van der Waals surface area (Å²) in [5, 5.41) is 2.04. The second-order valence-electron chi connectivity index (χ2n) is 2.88. The van der Waals surface area contributed by atoms with Crippen LogP contribution in [0.2, 0.25) is 0 Å². The van der Waals surface area contributed by atoms with E-state index in [1.807, 2.05) is 5.32 Å². The van der Waals surface area contributed by atoms with Crippen LogP contribution in [0.25, 0.3) is 0 Å². The first-order valence-electron chi connectivity index (χ1n) is 5.17. The molecule has 0 radical (unpaired) electrons. The summed E-state index contributed by atoms with van der Waals surface area (Å²) in [7, 11) is 0. The van der Waals surface area contributed by atoms with E-state index < -0.39 is 24.3 Å². The molecule has 14 heavy (non-hydrogen) atoms. The Bertz CT molecular complexity index is 396. The minimum atomic E-state index is -2.27. The van der Waals surface area contributed by atoms with Gasteiger partial charge in [0.05, 0.1) is 8.78 Å². The van der Waals surface area contributed by atoms with Crippen LogP contribution in [-0.2, 0) is 11.3 Å². The molecule has 0 fully saturated rings. The minimum absolute atomic E-state index is 0.219. The van der Waals surface area contributed by atoms with Gasteiger partial charge in [0.1, 0.15) is 5.82 Å². The molecule has 3 N–H and O–H groups in total. The molecule has 4 heteroatoms. The predicted molar refractivity (Wildman–Crippen MR) is 51.9 cm³/mol. The highest BCUT2D eigenvalue weighted by atomic mass is 19.1. The smallest absolute Gasteiger partial charge is 0.236 e. The van der Waals surface area contributed by atoms with Crippen LogP contribution in [0.15, 0.2) is 24.3 Å². The lowest BCUT2D eigenvalue weighted by atomic mass is 10.2. The molecule has 0 aromatic heterocycles. The molecule has 0 bridgehead atoms. The van der Waals surface area contributed by atoms with Gasteiger partial charge in [-0.2, -0.15) is 0 Å². The lowest BCUT2D eigenvalue weighted by Crippen LogP contribution is -2.37. The van der Waals surface area contributed by atoms with E-state index in [1.54, 1.807) is 0 Å². The van der Waals surface area contributed by atoms with Crippen LogP contribution < -0.4 is 11.1 Å². The number of carbonyl (C=O) groups excluding carboxylic acids is 1. The number of nitrogens with two attached hydrogens (primary N) is 1. The molecular formula is C10H13FN2O. The topological polar surface area (TPSA) is 55.1 Å². The summed E-state index contributed by atoms with van der Waals surface area (Å²) in [6.07, 6.45) is 0. The van der Waals surface area contributed by atoms with Crippen LogP contribution in [0.3, 0.4) is 0 Å². The lowest BCUT2D eigenvalue weighted by molar-refractivity contribution is -0.122. The normalized spacial score (nSPS) is 15.4. The van der Waals surface area contributed by atoms with Gasteiger partial charge in [-0.15, -0.1) is 0 Å². The fraction of sp³-hybridized carbons (Fsp3) is 0.300. The van der Waals surface area contributed by atoms with Gasteiger partial charge in [0, 0.05) is 12.1 Å². The largest absolute Gasteiger partial charge is 0.351 e. The summed E-state index contributed by atoms with van der Waals surface area (Å²) in [4.78, 5) is 11.2. The quantitative estimate of drug-likeness (QED) is 0.754. The zero-order valence-electron chi connectivity index (χ0n) is 9.75. The summed E-state index contributed by atoms with van der Waals surface area (Å²) in [6, 6.07) is 4.50. The second kappa shape index (κ2) is 4.72. The highest BCUT2D eigenvalue weighted by molar-refractivity contribution is 5.80. The third kappa shape index (κ3) is 2.81. The molecule has 1 amide bonds. The van der Waals surface area contributed by atoms with E-state index in [-0.39, 0.29) is 5.56 Å². The Morgan fingerprint density at radius 3 is 2.93 bits per heavy atom. The van der Waals surface area contributed by atoms with Gasteiger partial charge < -0.3 is 11.1 Å². The van der Waals surface area contributed by atoms with E-state index in [2.05, 4.69) is 0 Å². The average molecular weight is 198 g/mol. The summed E-state index contributed by atoms with van der Waals surface area (Å²) in [6.45, 7) is -0.844. The van der Waals surface area contributed by atoms with Crippen molar-refractivity contribution in [2.75, 3.05) is 0 Å². The van der Waals surface area contributed by atoms with Crippen LogP contribution in [0, 0.1) is 5.82 Å². The van der Waals surface area contributed by atoms with Crippen molar-refractivity contribution in [3.8, 4) is 0 Å². The number of amides is 1. The molecule has 1 unspecified atom stereocenters. The summed E-state index contributed by atoms with van der Waals surface area (Å²) < 4.78 is 28.5. The van der Waals surface area contributed by atoms with E-state index in [0.29, 0.717) is 0 Å². The van der Waals surface area contributed by atoms with Crippen LogP contribution in [0.1, 0.15) is 15.2 Å². The Kier molecular flexibility index (Phi) is 2.67. The van der Waals surface area contributed by atoms with Crippen molar-refractivity contribution in [2.45, 2.75) is 19.5 Å². The third-order valence-electron chi connectivity index (χ3n) is 1.61. The number of benzene rings is 1. The zero-order chi connectivity index (χ0) is 12.3. The van der Waals surface area contributed by atoms with E-state index in [1.165, 1.54) is 25.1 Å². The van der Waals surface area contributed by atoms with E-state index in [4.69, 9.17) is 8.48 Å². The van der Waals surface area contributed by atoms with Gasteiger partial charge in [-0.3, -0.25) is 4.79 Å². The number of halogens is 1. The molecule has 0 saturated carbocycles. The number of nitrogens with one attached hydrogen (secondary N) is 1. The SMILES string of the molecule is [2H]C([2H])(NC(=O)C(C)N)c1ccccc1F. The first kappa shape index (κ1) is 7.94. The molecule has 0 spiro atoms. The standard InChI is InChI=1S/C10H13FN2O/c1-7(12)10(14)13-6-8-4-2-3-5-9(8)11/h2-5,7H,6,12H2,1H3,(H,13,14)/i6D2. The molecule has 1 aromatic rings.